The predicted octanol–water partition coefficient (Wildman–Crippen LogP) is 2.83. The molecule has 2 heteroatoms. The highest BCUT2D eigenvalue weighted by atomic mass is 15.0. The molecule has 71 valence electrons. The Bertz CT molecular complexity index is 402. The van der Waals surface area contributed by atoms with E-state index < -0.39 is 0 Å². The van der Waals surface area contributed by atoms with E-state index in [1.165, 1.54) is 11.5 Å². The lowest BCUT2D eigenvalue weighted by Crippen LogP contribution is -1.96. The van der Waals surface area contributed by atoms with Crippen molar-refractivity contribution in [2.24, 2.45) is 0 Å². The molecule has 0 aliphatic heterocycles. The summed E-state index contributed by atoms with van der Waals surface area (Å²) < 4.78 is 2.01. The number of hydrogen-bond donors (Lipinski definition) is 0. The van der Waals surface area contributed by atoms with Crippen LogP contribution in [0.5, 0.6) is 0 Å². The highest BCUT2D eigenvalue weighted by molar-refractivity contribution is 5.35. The minimum absolute atomic E-state index is 0.966. The van der Waals surface area contributed by atoms with Crippen LogP contribution < -0.4 is 0 Å². The van der Waals surface area contributed by atoms with Gasteiger partial charge in [-0.15, -0.1) is 0 Å². The molecule has 0 aromatic carbocycles. The van der Waals surface area contributed by atoms with E-state index in [0.717, 1.165) is 5.82 Å². The summed E-state index contributed by atoms with van der Waals surface area (Å²) in [6.07, 6.45) is 5.84. The largest absolute Gasteiger partial charge is 0.309 e. The van der Waals surface area contributed by atoms with E-state index >= 15 is 0 Å². The number of pyridine rings is 1. The third-order valence-corrected chi connectivity index (χ3v) is 2.19. The monoisotopic (exact) mass is 185 g/mol. The van der Waals surface area contributed by atoms with Crippen LogP contribution in [0, 0.1) is 5.92 Å². The zero-order valence-corrected chi connectivity index (χ0v) is 8.44. The van der Waals surface area contributed by atoms with Crippen molar-refractivity contribution < 1.29 is 0 Å². The molecule has 0 amide bonds. The molecule has 0 bridgehead atoms. The van der Waals surface area contributed by atoms with Gasteiger partial charge in [-0.05, 0) is 35.7 Å². The van der Waals surface area contributed by atoms with Gasteiger partial charge < -0.3 is 4.57 Å². The van der Waals surface area contributed by atoms with Gasteiger partial charge >= 0.3 is 0 Å². The van der Waals surface area contributed by atoms with Crippen molar-refractivity contribution in [3.05, 3.63) is 54.3 Å². The number of rotatable bonds is 2. The summed E-state index contributed by atoms with van der Waals surface area (Å²) in [5.74, 6) is 2.27. The molecular formula is C12H13N2. The molecule has 2 nitrogen and oxygen atoms in total. The van der Waals surface area contributed by atoms with Crippen LogP contribution in [0.3, 0.4) is 0 Å². The van der Waals surface area contributed by atoms with E-state index in [4.69, 9.17) is 0 Å². The van der Waals surface area contributed by atoms with E-state index in [-0.39, 0.29) is 0 Å². The van der Waals surface area contributed by atoms with Crippen LogP contribution >= 0.6 is 0 Å². The quantitative estimate of drug-likeness (QED) is 0.703. The summed E-state index contributed by atoms with van der Waals surface area (Å²) in [6.45, 7) is 4.21. The van der Waals surface area contributed by atoms with Gasteiger partial charge in [0.1, 0.15) is 5.82 Å². The third kappa shape index (κ3) is 1.69. The summed E-state index contributed by atoms with van der Waals surface area (Å²) in [5.41, 5.74) is 1.24. The van der Waals surface area contributed by atoms with Crippen LogP contribution in [0.2, 0.25) is 0 Å². The summed E-state index contributed by atoms with van der Waals surface area (Å²) in [4.78, 5) is 4.31. The van der Waals surface area contributed by atoms with Gasteiger partial charge in [0, 0.05) is 18.6 Å². The number of hydrogen-bond acceptors (Lipinski definition) is 1. The molecule has 0 fully saturated rings. The maximum Gasteiger partial charge on any atom is 0.136 e. The van der Waals surface area contributed by atoms with Gasteiger partial charge in [-0.3, -0.25) is 0 Å². The van der Waals surface area contributed by atoms with Crippen molar-refractivity contribution in [2.45, 2.75) is 13.8 Å². The fourth-order valence-electron chi connectivity index (χ4n) is 1.36. The first-order valence-electron chi connectivity index (χ1n) is 4.67. The average molecular weight is 185 g/mol. The lowest BCUT2D eigenvalue weighted by molar-refractivity contribution is 0.993. The number of aromatic nitrogens is 2. The Morgan fingerprint density at radius 2 is 1.93 bits per heavy atom. The molecule has 2 rings (SSSR count). The van der Waals surface area contributed by atoms with Crippen LogP contribution in [-0.4, -0.2) is 9.55 Å². The van der Waals surface area contributed by atoms with Crippen molar-refractivity contribution in [3.63, 3.8) is 0 Å². The SMILES string of the molecule is C[C](C)c1ccnc(-n2cccc2)c1. The highest BCUT2D eigenvalue weighted by Gasteiger charge is 2.02. The van der Waals surface area contributed by atoms with Crippen molar-refractivity contribution in [2.75, 3.05) is 0 Å². The lowest BCUT2D eigenvalue weighted by atomic mass is 10.1. The Morgan fingerprint density at radius 1 is 1.21 bits per heavy atom. The first kappa shape index (κ1) is 9.00. The first-order chi connectivity index (χ1) is 6.77. The van der Waals surface area contributed by atoms with Crippen molar-refractivity contribution in [1.29, 1.82) is 0 Å². The normalized spacial score (nSPS) is 10.8. The van der Waals surface area contributed by atoms with Gasteiger partial charge in [0.2, 0.25) is 0 Å². The third-order valence-electron chi connectivity index (χ3n) is 2.19. The minimum Gasteiger partial charge on any atom is -0.309 e. The van der Waals surface area contributed by atoms with Crippen LogP contribution in [0.1, 0.15) is 19.4 Å². The molecule has 0 atom stereocenters. The second-order valence-corrected chi connectivity index (χ2v) is 3.49. The van der Waals surface area contributed by atoms with E-state index in [1.807, 2.05) is 41.4 Å². The molecule has 14 heavy (non-hydrogen) atoms. The smallest absolute Gasteiger partial charge is 0.136 e. The zero-order valence-electron chi connectivity index (χ0n) is 8.44. The van der Waals surface area contributed by atoms with Crippen LogP contribution in [-0.2, 0) is 0 Å². The summed E-state index contributed by atoms with van der Waals surface area (Å²) >= 11 is 0. The molecule has 1 radical (unpaired) electrons. The van der Waals surface area contributed by atoms with Gasteiger partial charge in [0.05, 0.1) is 0 Å². The molecule has 0 saturated carbocycles. The Hall–Kier alpha value is -1.57. The summed E-state index contributed by atoms with van der Waals surface area (Å²) in [7, 11) is 0. The maximum absolute atomic E-state index is 4.31. The molecule has 0 unspecified atom stereocenters. The maximum atomic E-state index is 4.31. The standard InChI is InChI=1S/C12H13N2/c1-10(2)11-5-6-13-12(9-11)14-7-3-4-8-14/h3-9H,1-2H3. The van der Waals surface area contributed by atoms with E-state index in [2.05, 4.69) is 24.9 Å². The molecule has 0 aliphatic carbocycles. The fraction of sp³-hybridized carbons (Fsp3) is 0.167. The molecule has 2 heterocycles. The summed E-state index contributed by atoms with van der Waals surface area (Å²) in [6, 6.07) is 8.12. The highest BCUT2D eigenvalue weighted by Crippen LogP contribution is 2.15. The molecule has 2 aromatic rings. The van der Waals surface area contributed by atoms with Gasteiger partial charge in [-0.25, -0.2) is 4.98 Å². The average Bonchev–Trinajstić information content (AvgIpc) is 2.71. The van der Waals surface area contributed by atoms with E-state index in [1.54, 1.807) is 0 Å². The lowest BCUT2D eigenvalue weighted by Gasteiger charge is -2.07. The van der Waals surface area contributed by atoms with Crippen molar-refractivity contribution >= 4 is 0 Å². The fourth-order valence-corrected chi connectivity index (χ4v) is 1.36. The molecule has 0 aliphatic rings. The first-order valence-corrected chi connectivity index (χ1v) is 4.67. The van der Waals surface area contributed by atoms with Crippen LogP contribution in [0.25, 0.3) is 5.82 Å². The molecule has 0 N–H and O–H groups in total. The minimum atomic E-state index is 0.966. The van der Waals surface area contributed by atoms with E-state index in [0.29, 0.717) is 0 Å². The van der Waals surface area contributed by atoms with Crippen LogP contribution in [0.15, 0.2) is 42.9 Å². The summed E-state index contributed by atoms with van der Waals surface area (Å²) in [5, 5.41) is 0. The Labute approximate surface area is 84.2 Å². The number of nitrogens with zero attached hydrogens (tertiary/aromatic N) is 2. The topological polar surface area (TPSA) is 17.8 Å². The Morgan fingerprint density at radius 3 is 2.57 bits per heavy atom. The zero-order chi connectivity index (χ0) is 9.97. The second-order valence-electron chi connectivity index (χ2n) is 3.49. The predicted molar refractivity (Wildman–Crippen MR) is 57.3 cm³/mol. The Kier molecular flexibility index (Phi) is 2.35. The molecule has 0 saturated heterocycles. The molecular weight excluding hydrogens is 172 g/mol. The van der Waals surface area contributed by atoms with Crippen molar-refractivity contribution in [1.82, 2.24) is 9.55 Å². The van der Waals surface area contributed by atoms with Gasteiger partial charge in [-0.1, -0.05) is 13.8 Å². The van der Waals surface area contributed by atoms with Crippen LogP contribution in [0.4, 0.5) is 0 Å². The van der Waals surface area contributed by atoms with Gasteiger partial charge in [-0.2, -0.15) is 0 Å². The Balaban J connectivity index is 2.41. The molecule has 0 spiro atoms. The van der Waals surface area contributed by atoms with Crippen molar-refractivity contribution in [3.8, 4) is 5.82 Å². The van der Waals surface area contributed by atoms with E-state index in [9.17, 15) is 0 Å². The van der Waals surface area contributed by atoms with Gasteiger partial charge in [0.15, 0.2) is 0 Å². The molecule has 2 aromatic heterocycles. The second kappa shape index (κ2) is 3.66. The van der Waals surface area contributed by atoms with Gasteiger partial charge in [0.25, 0.3) is 0 Å².